The Labute approximate surface area is 167 Å². The van der Waals surface area contributed by atoms with Crippen molar-refractivity contribution in [2.45, 2.75) is 0 Å². The molecule has 0 unspecified atom stereocenters. The van der Waals surface area contributed by atoms with E-state index in [-0.39, 0.29) is 12.7 Å². The van der Waals surface area contributed by atoms with E-state index < -0.39 is 0 Å². The molecular weight excluding hydrogens is 374 g/mol. The lowest BCUT2D eigenvalue weighted by atomic mass is 10.2. The second kappa shape index (κ2) is 7.97. The molecule has 8 heteroatoms. The van der Waals surface area contributed by atoms with Gasteiger partial charge >= 0.3 is 0 Å². The third-order valence-corrected chi connectivity index (χ3v) is 4.30. The number of carbonyl (C=O) groups excluding carboxylic acids is 1. The van der Waals surface area contributed by atoms with E-state index in [4.69, 9.17) is 18.9 Å². The summed E-state index contributed by atoms with van der Waals surface area (Å²) in [6.07, 6.45) is 3.14. The topological polar surface area (TPSA) is 90.9 Å². The maximum atomic E-state index is 12.6. The summed E-state index contributed by atoms with van der Waals surface area (Å²) in [5.41, 5.74) is 2.46. The molecule has 0 saturated carbocycles. The van der Waals surface area contributed by atoms with Crippen LogP contribution in [0.15, 0.2) is 54.9 Å². The Hall–Kier alpha value is -3.94. The minimum atomic E-state index is -0.285. The van der Waals surface area contributed by atoms with Gasteiger partial charge in [0, 0.05) is 29.7 Å². The Balaban J connectivity index is 1.49. The van der Waals surface area contributed by atoms with Crippen molar-refractivity contribution in [3.63, 3.8) is 0 Å². The van der Waals surface area contributed by atoms with Crippen molar-refractivity contribution in [2.75, 3.05) is 31.6 Å². The predicted octanol–water partition coefficient (Wildman–Crippen LogP) is 3.82. The SMILES string of the molecule is COc1ccc(Nc2cncc(C(=O)Nc3ccc4c(c3)OCO4)c2)cc1OC. The Kier molecular flexibility index (Phi) is 5.07. The standard InChI is InChI=1S/C21H19N3O5/c1-26-17-5-3-14(8-19(17)27-2)23-16-7-13(10-22-11-16)21(25)24-15-4-6-18-20(9-15)29-12-28-18/h3-11,23H,12H2,1-2H3,(H,24,25). The first-order chi connectivity index (χ1) is 14.2. The van der Waals surface area contributed by atoms with Gasteiger partial charge in [-0.3, -0.25) is 9.78 Å². The lowest BCUT2D eigenvalue weighted by Gasteiger charge is -2.12. The molecule has 8 nitrogen and oxygen atoms in total. The van der Waals surface area contributed by atoms with Gasteiger partial charge in [0.1, 0.15) is 0 Å². The van der Waals surface area contributed by atoms with Gasteiger partial charge < -0.3 is 29.6 Å². The van der Waals surface area contributed by atoms with Crippen molar-refractivity contribution < 1.29 is 23.7 Å². The first-order valence-corrected chi connectivity index (χ1v) is 8.81. The highest BCUT2D eigenvalue weighted by Gasteiger charge is 2.15. The molecule has 0 atom stereocenters. The van der Waals surface area contributed by atoms with Crippen LogP contribution in [0.1, 0.15) is 10.4 Å². The molecule has 29 heavy (non-hydrogen) atoms. The molecular formula is C21H19N3O5. The number of fused-ring (bicyclic) bond motifs is 1. The number of benzene rings is 2. The molecule has 1 aliphatic rings. The molecule has 148 valence electrons. The average molecular weight is 393 g/mol. The number of hydrogen-bond donors (Lipinski definition) is 2. The van der Waals surface area contributed by atoms with Gasteiger partial charge in [-0.05, 0) is 30.3 Å². The summed E-state index contributed by atoms with van der Waals surface area (Å²) in [6.45, 7) is 0.181. The fourth-order valence-electron chi connectivity index (χ4n) is 2.89. The minimum absolute atomic E-state index is 0.181. The van der Waals surface area contributed by atoms with Gasteiger partial charge in [0.2, 0.25) is 6.79 Å². The number of methoxy groups -OCH3 is 2. The highest BCUT2D eigenvalue weighted by atomic mass is 16.7. The van der Waals surface area contributed by atoms with Gasteiger partial charge in [0.05, 0.1) is 31.7 Å². The summed E-state index contributed by atoms with van der Waals surface area (Å²) in [4.78, 5) is 16.8. The summed E-state index contributed by atoms with van der Waals surface area (Å²) in [7, 11) is 3.15. The van der Waals surface area contributed by atoms with Crippen LogP contribution < -0.4 is 29.6 Å². The number of hydrogen-bond acceptors (Lipinski definition) is 7. The summed E-state index contributed by atoms with van der Waals surface area (Å²) in [5.74, 6) is 2.21. The molecule has 2 N–H and O–H groups in total. The van der Waals surface area contributed by atoms with E-state index in [1.54, 1.807) is 56.8 Å². The largest absolute Gasteiger partial charge is 0.493 e. The van der Waals surface area contributed by atoms with Crippen LogP contribution in [0.2, 0.25) is 0 Å². The fraction of sp³-hybridized carbons (Fsp3) is 0.143. The molecule has 2 heterocycles. The molecule has 1 aliphatic heterocycles. The normalized spacial score (nSPS) is 11.7. The third kappa shape index (κ3) is 4.01. The van der Waals surface area contributed by atoms with Crippen molar-refractivity contribution in [3.8, 4) is 23.0 Å². The molecule has 0 bridgehead atoms. The van der Waals surface area contributed by atoms with Crippen LogP contribution in [0.3, 0.4) is 0 Å². The van der Waals surface area contributed by atoms with Gasteiger partial charge in [-0.25, -0.2) is 0 Å². The number of carbonyl (C=O) groups is 1. The maximum absolute atomic E-state index is 12.6. The molecule has 1 amide bonds. The molecule has 3 aromatic rings. The molecule has 2 aromatic carbocycles. The van der Waals surface area contributed by atoms with Gasteiger partial charge in [-0.15, -0.1) is 0 Å². The maximum Gasteiger partial charge on any atom is 0.257 e. The Morgan fingerprint density at radius 2 is 1.69 bits per heavy atom. The van der Waals surface area contributed by atoms with Crippen LogP contribution >= 0.6 is 0 Å². The zero-order valence-electron chi connectivity index (χ0n) is 15.9. The summed E-state index contributed by atoms with van der Waals surface area (Å²) in [5, 5.41) is 6.04. The average Bonchev–Trinajstić information content (AvgIpc) is 3.21. The van der Waals surface area contributed by atoms with Gasteiger partial charge in [-0.1, -0.05) is 0 Å². The Morgan fingerprint density at radius 3 is 2.52 bits per heavy atom. The van der Waals surface area contributed by atoms with Crippen molar-refractivity contribution in [2.24, 2.45) is 0 Å². The summed E-state index contributed by atoms with van der Waals surface area (Å²) >= 11 is 0. The smallest absolute Gasteiger partial charge is 0.257 e. The quantitative estimate of drug-likeness (QED) is 0.658. The minimum Gasteiger partial charge on any atom is -0.493 e. The van der Waals surface area contributed by atoms with E-state index in [1.165, 1.54) is 6.20 Å². The van der Waals surface area contributed by atoms with Gasteiger partial charge in [0.25, 0.3) is 5.91 Å². The number of nitrogens with zero attached hydrogens (tertiary/aromatic N) is 1. The molecule has 0 fully saturated rings. The van der Waals surface area contributed by atoms with Crippen LogP contribution in [0.25, 0.3) is 0 Å². The van der Waals surface area contributed by atoms with Crippen LogP contribution in [-0.2, 0) is 0 Å². The summed E-state index contributed by atoms with van der Waals surface area (Å²) < 4.78 is 21.2. The van der Waals surface area contributed by atoms with E-state index in [2.05, 4.69) is 15.6 Å². The molecule has 0 spiro atoms. The van der Waals surface area contributed by atoms with Crippen molar-refractivity contribution >= 4 is 23.0 Å². The Bertz CT molecular complexity index is 1050. The van der Waals surface area contributed by atoms with Crippen molar-refractivity contribution in [1.82, 2.24) is 4.98 Å². The number of amides is 1. The zero-order chi connectivity index (χ0) is 20.2. The van der Waals surface area contributed by atoms with Crippen LogP contribution in [0.5, 0.6) is 23.0 Å². The molecule has 4 rings (SSSR count). The molecule has 0 radical (unpaired) electrons. The van der Waals surface area contributed by atoms with Crippen molar-refractivity contribution in [1.29, 1.82) is 0 Å². The number of nitrogens with one attached hydrogen (secondary N) is 2. The van der Waals surface area contributed by atoms with E-state index in [0.717, 1.165) is 5.69 Å². The van der Waals surface area contributed by atoms with Crippen molar-refractivity contribution in [3.05, 3.63) is 60.4 Å². The highest BCUT2D eigenvalue weighted by molar-refractivity contribution is 6.04. The number of aromatic nitrogens is 1. The Morgan fingerprint density at radius 1 is 0.897 bits per heavy atom. The molecule has 1 aromatic heterocycles. The number of pyridine rings is 1. The molecule has 0 saturated heterocycles. The zero-order valence-corrected chi connectivity index (χ0v) is 15.9. The number of anilines is 3. The lowest BCUT2D eigenvalue weighted by Crippen LogP contribution is -2.12. The van der Waals surface area contributed by atoms with E-state index in [9.17, 15) is 4.79 Å². The van der Waals surface area contributed by atoms with E-state index in [0.29, 0.717) is 39.9 Å². The third-order valence-electron chi connectivity index (χ3n) is 4.30. The van der Waals surface area contributed by atoms with E-state index >= 15 is 0 Å². The molecule has 0 aliphatic carbocycles. The van der Waals surface area contributed by atoms with Gasteiger partial charge in [-0.2, -0.15) is 0 Å². The number of rotatable bonds is 6. The van der Waals surface area contributed by atoms with Crippen LogP contribution in [-0.4, -0.2) is 31.9 Å². The summed E-state index contributed by atoms with van der Waals surface area (Å²) in [6, 6.07) is 12.4. The van der Waals surface area contributed by atoms with E-state index in [1.807, 2.05) is 6.07 Å². The highest BCUT2D eigenvalue weighted by Crippen LogP contribution is 2.34. The van der Waals surface area contributed by atoms with Gasteiger partial charge in [0.15, 0.2) is 23.0 Å². The second-order valence-electron chi connectivity index (χ2n) is 6.18. The van der Waals surface area contributed by atoms with Crippen LogP contribution in [0, 0.1) is 0 Å². The lowest BCUT2D eigenvalue weighted by molar-refractivity contribution is 0.102. The monoisotopic (exact) mass is 393 g/mol. The fourth-order valence-corrected chi connectivity index (χ4v) is 2.89. The second-order valence-corrected chi connectivity index (χ2v) is 6.18. The van der Waals surface area contributed by atoms with Crippen LogP contribution in [0.4, 0.5) is 17.1 Å². The first-order valence-electron chi connectivity index (χ1n) is 8.81. The number of ether oxygens (including phenoxy) is 4. The predicted molar refractivity (Wildman–Crippen MR) is 108 cm³/mol. The first kappa shape index (κ1) is 18.4.